The van der Waals surface area contributed by atoms with Crippen LogP contribution in [0.15, 0.2) is 70.0 Å². The molecule has 190 valence electrons. The van der Waals surface area contributed by atoms with Crippen molar-refractivity contribution in [2.75, 3.05) is 19.0 Å². The van der Waals surface area contributed by atoms with E-state index in [0.717, 1.165) is 14.9 Å². The molecule has 1 aliphatic heterocycles. The number of imide groups is 1. The number of carbonyl (C=O) groups excluding carboxylic acids is 3. The molecule has 7 nitrogen and oxygen atoms in total. The average Bonchev–Trinajstić information content (AvgIpc) is 3.12. The fraction of sp³-hybridized carbons (Fsp3) is 0.115. The van der Waals surface area contributed by atoms with Crippen LogP contribution in [-0.2, 0) is 16.2 Å². The highest BCUT2D eigenvalue weighted by Crippen LogP contribution is 2.39. The van der Waals surface area contributed by atoms with E-state index in [1.807, 2.05) is 24.3 Å². The molecule has 1 N–H and O–H groups in total. The van der Waals surface area contributed by atoms with Gasteiger partial charge in [0.05, 0.1) is 17.0 Å². The first-order valence-corrected chi connectivity index (χ1v) is 12.8. The molecular formula is C26H19BrClFN2O5S. The van der Waals surface area contributed by atoms with E-state index in [0.29, 0.717) is 34.5 Å². The molecule has 0 saturated carbocycles. The maximum atomic E-state index is 13.0. The van der Waals surface area contributed by atoms with Crippen LogP contribution in [-0.4, -0.2) is 35.6 Å². The van der Waals surface area contributed by atoms with Gasteiger partial charge in [-0.3, -0.25) is 19.3 Å². The van der Waals surface area contributed by atoms with Crippen LogP contribution in [0.3, 0.4) is 0 Å². The van der Waals surface area contributed by atoms with Crippen molar-refractivity contribution < 1.29 is 28.2 Å². The molecule has 11 heteroatoms. The van der Waals surface area contributed by atoms with Crippen molar-refractivity contribution in [3.8, 4) is 11.5 Å². The molecule has 1 fully saturated rings. The standard InChI is InChI=1S/C26H19BrClFN2O5S/c1-35-21-11-16(10-20(28)24(21)36-14-15-2-4-17(27)5-3-15)12-22-25(33)31(26(34)37-22)13-23(32)30-19-8-6-18(29)7-9-19/h2-12H,13-14H2,1H3,(H,30,32)/b22-12-. The fourth-order valence-electron chi connectivity index (χ4n) is 3.36. The zero-order valence-corrected chi connectivity index (χ0v) is 22.5. The van der Waals surface area contributed by atoms with Gasteiger partial charge in [-0.2, -0.15) is 0 Å². The maximum Gasteiger partial charge on any atom is 0.294 e. The number of halogens is 3. The summed E-state index contributed by atoms with van der Waals surface area (Å²) in [6.45, 7) is -0.214. The van der Waals surface area contributed by atoms with E-state index in [-0.39, 0.29) is 16.5 Å². The molecule has 0 aliphatic carbocycles. The molecule has 3 amide bonds. The van der Waals surface area contributed by atoms with Crippen LogP contribution in [0.2, 0.25) is 5.02 Å². The molecule has 0 unspecified atom stereocenters. The van der Waals surface area contributed by atoms with Crippen LogP contribution in [0.25, 0.3) is 6.08 Å². The number of benzene rings is 3. The Bertz CT molecular complexity index is 1380. The Labute approximate surface area is 229 Å². The fourth-order valence-corrected chi connectivity index (χ4v) is 4.74. The molecular weight excluding hydrogens is 587 g/mol. The largest absolute Gasteiger partial charge is 0.493 e. The second-order valence-corrected chi connectivity index (χ2v) is 10.1. The SMILES string of the molecule is COc1cc(/C=C2\SC(=O)N(CC(=O)Nc3ccc(F)cc3)C2=O)cc(Cl)c1OCc1ccc(Br)cc1. The molecule has 1 aliphatic rings. The molecule has 0 spiro atoms. The molecule has 3 aromatic carbocycles. The van der Waals surface area contributed by atoms with Gasteiger partial charge in [-0.05, 0) is 77.5 Å². The number of nitrogens with zero attached hydrogens (tertiary/aromatic N) is 1. The Morgan fingerprint density at radius 1 is 1.14 bits per heavy atom. The summed E-state index contributed by atoms with van der Waals surface area (Å²) in [7, 11) is 1.47. The minimum atomic E-state index is -0.616. The van der Waals surface area contributed by atoms with Gasteiger partial charge in [0.25, 0.3) is 11.1 Å². The third-order valence-electron chi connectivity index (χ3n) is 5.15. The predicted molar refractivity (Wildman–Crippen MR) is 144 cm³/mol. The summed E-state index contributed by atoms with van der Waals surface area (Å²) in [6, 6.07) is 16.0. The third-order valence-corrected chi connectivity index (χ3v) is 6.87. The summed E-state index contributed by atoms with van der Waals surface area (Å²) in [5.41, 5.74) is 1.79. The molecule has 1 saturated heterocycles. The second-order valence-electron chi connectivity index (χ2n) is 7.77. The van der Waals surface area contributed by atoms with Gasteiger partial charge in [-0.1, -0.05) is 39.7 Å². The molecule has 0 aromatic heterocycles. The smallest absolute Gasteiger partial charge is 0.294 e. The Balaban J connectivity index is 1.46. The number of thioether (sulfide) groups is 1. The lowest BCUT2D eigenvalue weighted by atomic mass is 10.1. The van der Waals surface area contributed by atoms with Gasteiger partial charge in [0, 0.05) is 10.2 Å². The van der Waals surface area contributed by atoms with E-state index in [9.17, 15) is 18.8 Å². The van der Waals surface area contributed by atoms with Gasteiger partial charge in [-0.25, -0.2) is 4.39 Å². The number of nitrogens with one attached hydrogen (secondary N) is 1. The number of rotatable bonds is 8. The number of carbonyl (C=O) groups is 3. The summed E-state index contributed by atoms with van der Waals surface area (Å²) in [5.74, 6) is -0.958. The Hall–Kier alpha value is -3.34. The molecule has 1 heterocycles. The minimum Gasteiger partial charge on any atom is -0.493 e. The van der Waals surface area contributed by atoms with E-state index in [1.54, 1.807) is 12.1 Å². The third kappa shape index (κ3) is 6.71. The number of hydrogen-bond donors (Lipinski definition) is 1. The average molecular weight is 606 g/mol. The molecule has 0 bridgehead atoms. The maximum absolute atomic E-state index is 13.0. The van der Waals surface area contributed by atoms with Gasteiger partial charge < -0.3 is 14.8 Å². The first-order valence-electron chi connectivity index (χ1n) is 10.8. The normalized spacial score (nSPS) is 14.3. The molecule has 3 aromatic rings. The number of anilines is 1. The van der Waals surface area contributed by atoms with Gasteiger partial charge in [0.1, 0.15) is 19.0 Å². The summed E-state index contributed by atoms with van der Waals surface area (Å²) in [4.78, 5) is 38.6. The number of methoxy groups -OCH3 is 1. The van der Waals surface area contributed by atoms with Crippen molar-refractivity contribution in [3.05, 3.63) is 92.0 Å². The van der Waals surface area contributed by atoms with Crippen LogP contribution in [0.4, 0.5) is 14.9 Å². The van der Waals surface area contributed by atoms with Crippen LogP contribution >= 0.6 is 39.3 Å². The molecule has 0 atom stereocenters. The highest BCUT2D eigenvalue weighted by atomic mass is 79.9. The van der Waals surface area contributed by atoms with Crippen molar-refractivity contribution >= 4 is 68.1 Å². The molecule has 4 rings (SSSR count). The van der Waals surface area contributed by atoms with Crippen LogP contribution < -0.4 is 14.8 Å². The predicted octanol–water partition coefficient (Wildman–Crippen LogP) is 6.50. The van der Waals surface area contributed by atoms with E-state index >= 15 is 0 Å². The highest BCUT2D eigenvalue weighted by molar-refractivity contribution is 9.10. The number of hydrogen-bond acceptors (Lipinski definition) is 6. The first-order chi connectivity index (χ1) is 17.7. The van der Waals surface area contributed by atoms with Crippen molar-refractivity contribution in [1.82, 2.24) is 4.90 Å². The summed E-state index contributed by atoms with van der Waals surface area (Å²) in [6.07, 6.45) is 1.50. The number of ether oxygens (including phenoxy) is 2. The van der Waals surface area contributed by atoms with Crippen molar-refractivity contribution in [2.45, 2.75) is 6.61 Å². The van der Waals surface area contributed by atoms with Crippen LogP contribution in [0, 0.1) is 5.82 Å². The minimum absolute atomic E-state index is 0.126. The van der Waals surface area contributed by atoms with Crippen molar-refractivity contribution in [2.24, 2.45) is 0 Å². The van der Waals surface area contributed by atoms with E-state index in [1.165, 1.54) is 37.5 Å². The van der Waals surface area contributed by atoms with Crippen molar-refractivity contribution in [1.29, 1.82) is 0 Å². The summed E-state index contributed by atoms with van der Waals surface area (Å²) < 4.78 is 25.3. The lowest BCUT2D eigenvalue weighted by Crippen LogP contribution is -2.36. The molecule has 37 heavy (non-hydrogen) atoms. The van der Waals surface area contributed by atoms with Gasteiger partial charge >= 0.3 is 0 Å². The monoisotopic (exact) mass is 604 g/mol. The zero-order chi connectivity index (χ0) is 26.5. The lowest BCUT2D eigenvalue weighted by Gasteiger charge is -2.14. The van der Waals surface area contributed by atoms with E-state index in [4.69, 9.17) is 21.1 Å². The quantitative estimate of drug-likeness (QED) is 0.295. The molecule has 0 radical (unpaired) electrons. The highest BCUT2D eigenvalue weighted by Gasteiger charge is 2.36. The topological polar surface area (TPSA) is 84.9 Å². The number of amides is 3. The van der Waals surface area contributed by atoms with Gasteiger partial charge in [0.15, 0.2) is 11.5 Å². The Morgan fingerprint density at radius 3 is 2.51 bits per heavy atom. The second kappa shape index (κ2) is 11.8. The van der Waals surface area contributed by atoms with Gasteiger partial charge in [-0.15, -0.1) is 0 Å². The lowest BCUT2D eigenvalue weighted by molar-refractivity contribution is -0.127. The Kier molecular flexibility index (Phi) is 8.52. The zero-order valence-electron chi connectivity index (χ0n) is 19.3. The van der Waals surface area contributed by atoms with Crippen molar-refractivity contribution in [3.63, 3.8) is 0 Å². The first kappa shape index (κ1) is 26.7. The Morgan fingerprint density at radius 2 is 1.84 bits per heavy atom. The van der Waals surface area contributed by atoms with Crippen LogP contribution in [0.1, 0.15) is 11.1 Å². The summed E-state index contributed by atoms with van der Waals surface area (Å²) in [5, 5.41) is 2.21. The summed E-state index contributed by atoms with van der Waals surface area (Å²) >= 11 is 10.6. The van der Waals surface area contributed by atoms with E-state index < -0.39 is 29.4 Å². The van der Waals surface area contributed by atoms with Crippen LogP contribution in [0.5, 0.6) is 11.5 Å². The van der Waals surface area contributed by atoms with E-state index in [2.05, 4.69) is 21.2 Å². The van der Waals surface area contributed by atoms with Gasteiger partial charge in [0.2, 0.25) is 5.91 Å².